The number of aryl methyl sites for hydroxylation is 2. The summed E-state index contributed by atoms with van der Waals surface area (Å²) in [5.74, 6) is 0.0288. The van der Waals surface area contributed by atoms with E-state index in [1.165, 1.54) is 5.56 Å². The number of carbonyl (C=O) groups is 1. The summed E-state index contributed by atoms with van der Waals surface area (Å²) in [4.78, 5) is 14.8. The molecule has 0 fully saturated rings. The molecule has 6 heteroatoms. The Labute approximate surface area is 146 Å². The number of hydrogen-bond donors (Lipinski definition) is 1. The number of fused-ring (bicyclic) bond motifs is 1. The molecule has 2 aromatic heterocycles. The highest BCUT2D eigenvalue weighted by Crippen LogP contribution is 2.29. The van der Waals surface area contributed by atoms with Gasteiger partial charge in [-0.05, 0) is 19.9 Å². The van der Waals surface area contributed by atoms with E-state index in [0.717, 1.165) is 28.9 Å². The molecule has 1 aliphatic rings. The average Bonchev–Trinajstić information content (AvgIpc) is 3.28. The van der Waals surface area contributed by atoms with E-state index in [9.17, 15) is 4.79 Å². The van der Waals surface area contributed by atoms with Gasteiger partial charge in [0.25, 0.3) is 5.91 Å². The topological polar surface area (TPSA) is 66.8 Å². The van der Waals surface area contributed by atoms with Crippen LogP contribution in [0.25, 0.3) is 11.3 Å². The summed E-state index contributed by atoms with van der Waals surface area (Å²) in [6.07, 6.45) is 2.47. The van der Waals surface area contributed by atoms with E-state index in [-0.39, 0.29) is 5.91 Å². The molecule has 1 aromatic carbocycles. The zero-order valence-electron chi connectivity index (χ0n) is 14.5. The fourth-order valence-electron chi connectivity index (χ4n) is 3.35. The smallest absolute Gasteiger partial charge is 0.272 e. The lowest BCUT2D eigenvalue weighted by Crippen LogP contribution is -2.37. The molecular formula is C19H21N5O. The van der Waals surface area contributed by atoms with Crippen LogP contribution in [0.3, 0.4) is 0 Å². The van der Waals surface area contributed by atoms with Crippen molar-refractivity contribution in [2.75, 3.05) is 6.54 Å². The zero-order chi connectivity index (χ0) is 17.4. The van der Waals surface area contributed by atoms with E-state index in [0.29, 0.717) is 25.3 Å². The molecule has 0 saturated carbocycles. The Balaban J connectivity index is 1.64. The third-order valence-corrected chi connectivity index (χ3v) is 4.78. The van der Waals surface area contributed by atoms with E-state index in [2.05, 4.69) is 46.5 Å². The van der Waals surface area contributed by atoms with E-state index in [1.807, 2.05) is 11.8 Å². The first kappa shape index (κ1) is 15.6. The maximum absolute atomic E-state index is 12.9. The number of aromatic amines is 1. The minimum absolute atomic E-state index is 0.0288. The second-order valence-electron chi connectivity index (χ2n) is 6.40. The van der Waals surface area contributed by atoms with Crippen molar-refractivity contribution in [3.63, 3.8) is 0 Å². The number of carbonyl (C=O) groups excluding carboxylic acids is 1. The molecule has 1 amide bonds. The first-order valence-corrected chi connectivity index (χ1v) is 8.61. The molecule has 3 heterocycles. The number of nitrogens with zero attached hydrogens (tertiary/aromatic N) is 4. The Morgan fingerprint density at radius 3 is 2.80 bits per heavy atom. The van der Waals surface area contributed by atoms with Crippen LogP contribution in [-0.2, 0) is 19.5 Å². The SMILES string of the molecule is CCn1nccc1C(=O)N1CCc2[nH]nc(-c3ccc(C)cc3)c2C1. The highest BCUT2D eigenvalue weighted by molar-refractivity contribution is 5.92. The molecule has 1 aliphatic heterocycles. The van der Waals surface area contributed by atoms with Gasteiger partial charge in [0.2, 0.25) is 0 Å². The van der Waals surface area contributed by atoms with E-state index >= 15 is 0 Å². The van der Waals surface area contributed by atoms with Crippen molar-refractivity contribution < 1.29 is 4.79 Å². The largest absolute Gasteiger partial charge is 0.332 e. The van der Waals surface area contributed by atoms with Gasteiger partial charge in [0.15, 0.2) is 0 Å². The Morgan fingerprint density at radius 1 is 1.24 bits per heavy atom. The summed E-state index contributed by atoms with van der Waals surface area (Å²) in [7, 11) is 0. The van der Waals surface area contributed by atoms with Crippen molar-refractivity contribution in [1.29, 1.82) is 0 Å². The Bertz CT molecular complexity index is 906. The average molecular weight is 335 g/mol. The summed E-state index contributed by atoms with van der Waals surface area (Å²) < 4.78 is 1.74. The van der Waals surface area contributed by atoms with Crippen LogP contribution < -0.4 is 0 Å². The maximum atomic E-state index is 12.9. The molecule has 25 heavy (non-hydrogen) atoms. The number of H-pyrrole nitrogens is 1. The number of aromatic nitrogens is 4. The first-order valence-electron chi connectivity index (χ1n) is 8.61. The second kappa shape index (κ2) is 6.20. The first-order chi connectivity index (χ1) is 12.2. The molecule has 0 spiro atoms. The summed E-state index contributed by atoms with van der Waals surface area (Å²) in [5.41, 5.74) is 6.13. The van der Waals surface area contributed by atoms with Crippen LogP contribution in [0.15, 0.2) is 36.5 Å². The molecule has 1 N–H and O–H groups in total. The van der Waals surface area contributed by atoms with Crippen molar-refractivity contribution >= 4 is 5.91 Å². The predicted molar refractivity (Wildman–Crippen MR) is 95.1 cm³/mol. The fourth-order valence-corrected chi connectivity index (χ4v) is 3.35. The highest BCUT2D eigenvalue weighted by Gasteiger charge is 2.27. The summed E-state index contributed by atoms with van der Waals surface area (Å²) in [6, 6.07) is 10.1. The van der Waals surface area contributed by atoms with Crippen molar-refractivity contribution in [3.05, 3.63) is 59.0 Å². The van der Waals surface area contributed by atoms with Gasteiger partial charge in [0, 0.05) is 42.5 Å². The van der Waals surface area contributed by atoms with Crippen LogP contribution >= 0.6 is 0 Å². The number of nitrogens with one attached hydrogen (secondary N) is 1. The van der Waals surface area contributed by atoms with Crippen molar-refractivity contribution in [3.8, 4) is 11.3 Å². The van der Waals surface area contributed by atoms with Crippen molar-refractivity contribution in [2.24, 2.45) is 0 Å². The standard InChI is InChI=1S/C19H21N5O/c1-3-24-17(8-10-20-24)19(25)23-11-9-16-15(12-23)18(22-21-16)14-6-4-13(2)5-7-14/h4-8,10H,3,9,11-12H2,1-2H3,(H,21,22). The van der Waals surface area contributed by atoms with Gasteiger partial charge in [-0.25, -0.2) is 0 Å². The lowest BCUT2D eigenvalue weighted by molar-refractivity contribution is 0.0722. The molecule has 0 unspecified atom stereocenters. The zero-order valence-corrected chi connectivity index (χ0v) is 14.5. The monoisotopic (exact) mass is 335 g/mol. The van der Waals surface area contributed by atoms with Crippen LogP contribution in [0.5, 0.6) is 0 Å². The van der Waals surface area contributed by atoms with Gasteiger partial charge >= 0.3 is 0 Å². The van der Waals surface area contributed by atoms with Crippen LogP contribution in [0, 0.1) is 6.92 Å². The molecule has 128 valence electrons. The van der Waals surface area contributed by atoms with Gasteiger partial charge in [0.1, 0.15) is 5.69 Å². The van der Waals surface area contributed by atoms with Crippen LogP contribution in [0.4, 0.5) is 0 Å². The Hall–Kier alpha value is -2.89. The molecule has 0 atom stereocenters. The molecule has 4 rings (SSSR count). The second-order valence-corrected chi connectivity index (χ2v) is 6.40. The number of benzene rings is 1. The third kappa shape index (κ3) is 2.73. The normalized spacial score (nSPS) is 13.8. The highest BCUT2D eigenvalue weighted by atomic mass is 16.2. The lowest BCUT2D eigenvalue weighted by Gasteiger charge is -2.27. The molecule has 0 radical (unpaired) electrons. The Kier molecular flexibility index (Phi) is 3.87. The van der Waals surface area contributed by atoms with Crippen LogP contribution in [-0.4, -0.2) is 37.3 Å². The van der Waals surface area contributed by atoms with Crippen molar-refractivity contribution in [2.45, 2.75) is 33.4 Å². The molecule has 0 aliphatic carbocycles. The number of rotatable bonds is 3. The van der Waals surface area contributed by atoms with Crippen LogP contribution in [0.1, 0.15) is 34.2 Å². The third-order valence-electron chi connectivity index (χ3n) is 4.78. The molecule has 0 bridgehead atoms. The maximum Gasteiger partial charge on any atom is 0.272 e. The molecular weight excluding hydrogens is 314 g/mol. The van der Waals surface area contributed by atoms with Gasteiger partial charge < -0.3 is 4.90 Å². The number of amides is 1. The van der Waals surface area contributed by atoms with Gasteiger partial charge in [-0.1, -0.05) is 29.8 Å². The van der Waals surface area contributed by atoms with Gasteiger partial charge in [-0.2, -0.15) is 10.2 Å². The van der Waals surface area contributed by atoms with E-state index in [4.69, 9.17) is 0 Å². The number of hydrogen-bond acceptors (Lipinski definition) is 3. The Morgan fingerprint density at radius 2 is 2.04 bits per heavy atom. The quantitative estimate of drug-likeness (QED) is 0.800. The van der Waals surface area contributed by atoms with Crippen molar-refractivity contribution in [1.82, 2.24) is 24.9 Å². The lowest BCUT2D eigenvalue weighted by atomic mass is 10.00. The predicted octanol–water partition coefficient (Wildman–Crippen LogP) is 2.80. The minimum Gasteiger partial charge on any atom is -0.332 e. The summed E-state index contributed by atoms with van der Waals surface area (Å²) >= 11 is 0. The molecule has 6 nitrogen and oxygen atoms in total. The summed E-state index contributed by atoms with van der Waals surface area (Å²) in [5, 5.41) is 11.9. The van der Waals surface area contributed by atoms with Gasteiger partial charge in [-0.3, -0.25) is 14.6 Å². The fraction of sp³-hybridized carbons (Fsp3) is 0.316. The van der Waals surface area contributed by atoms with Crippen LogP contribution in [0.2, 0.25) is 0 Å². The molecule has 0 saturated heterocycles. The molecule has 3 aromatic rings. The van der Waals surface area contributed by atoms with Gasteiger partial charge in [-0.15, -0.1) is 0 Å². The van der Waals surface area contributed by atoms with E-state index < -0.39 is 0 Å². The minimum atomic E-state index is 0.0288. The van der Waals surface area contributed by atoms with Gasteiger partial charge in [0.05, 0.1) is 12.2 Å². The van der Waals surface area contributed by atoms with E-state index in [1.54, 1.807) is 16.9 Å². The summed E-state index contributed by atoms with van der Waals surface area (Å²) in [6.45, 7) is 6.01.